The molecule has 0 spiro atoms. The van der Waals surface area contributed by atoms with Crippen molar-refractivity contribution in [3.8, 4) is 5.75 Å². The van der Waals surface area contributed by atoms with E-state index in [1.807, 2.05) is 0 Å². The van der Waals surface area contributed by atoms with Crippen LogP contribution in [0.15, 0.2) is 26.0 Å². The first-order chi connectivity index (χ1) is 9.08. The maximum absolute atomic E-state index is 11.4. The topological polar surface area (TPSA) is 104 Å². The predicted molar refractivity (Wildman–Crippen MR) is 80.9 cm³/mol. The number of rotatable bonds is 3. The number of halogens is 2. The first kappa shape index (κ1) is 16.2. The fourth-order valence-corrected chi connectivity index (χ4v) is 5.66. The Morgan fingerprint density at radius 1 is 1.25 bits per heavy atom. The average molecular weight is 449 g/mol. The van der Waals surface area contributed by atoms with Gasteiger partial charge in [-0.25, -0.2) is 22.0 Å². The van der Waals surface area contributed by atoms with Crippen molar-refractivity contribution in [1.82, 2.24) is 0 Å². The van der Waals surface area contributed by atoms with E-state index in [0.717, 1.165) is 0 Å². The summed E-state index contributed by atoms with van der Waals surface area (Å²) in [6, 6.07) is 2.64. The van der Waals surface area contributed by atoms with E-state index in [4.69, 9.17) is 9.88 Å². The molecule has 1 saturated heterocycles. The second kappa shape index (κ2) is 5.56. The highest BCUT2D eigenvalue weighted by Crippen LogP contribution is 2.37. The summed E-state index contributed by atoms with van der Waals surface area (Å²) in [7, 11) is -6.87. The number of benzene rings is 1. The lowest BCUT2D eigenvalue weighted by molar-refractivity contribution is 0.225. The molecular weight excluding hydrogens is 438 g/mol. The van der Waals surface area contributed by atoms with E-state index >= 15 is 0 Å². The van der Waals surface area contributed by atoms with Gasteiger partial charge in [-0.2, -0.15) is 0 Å². The van der Waals surface area contributed by atoms with Crippen LogP contribution < -0.4 is 9.88 Å². The zero-order valence-corrected chi connectivity index (χ0v) is 14.8. The largest absolute Gasteiger partial charge is 0.487 e. The summed E-state index contributed by atoms with van der Waals surface area (Å²) >= 11 is 6.40. The van der Waals surface area contributed by atoms with Crippen LogP contribution in [0, 0.1) is 0 Å². The van der Waals surface area contributed by atoms with Crippen LogP contribution in [0.5, 0.6) is 5.75 Å². The summed E-state index contributed by atoms with van der Waals surface area (Å²) in [6.07, 6.45) is -0.0223. The van der Waals surface area contributed by atoms with Crippen LogP contribution in [-0.4, -0.2) is 34.4 Å². The number of nitrogens with two attached hydrogens (primary N) is 1. The molecule has 0 radical (unpaired) electrons. The monoisotopic (exact) mass is 447 g/mol. The van der Waals surface area contributed by atoms with Crippen molar-refractivity contribution in [3.05, 3.63) is 21.1 Å². The number of ether oxygens (including phenoxy) is 1. The third-order valence-electron chi connectivity index (χ3n) is 2.78. The standard InChI is InChI=1S/C10H11Br2NO5S2/c11-8-3-7(20(13,16)17)4-9(12)10(8)18-6-1-2-19(14,15)5-6/h3-4,6H,1-2,5H2,(H2,13,16,17). The third-order valence-corrected chi connectivity index (χ3v) is 6.58. The van der Waals surface area contributed by atoms with Crippen LogP contribution in [-0.2, 0) is 19.9 Å². The van der Waals surface area contributed by atoms with Gasteiger partial charge < -0.3 is 4.74 Å². The lowest BCUT2D eigenvalue weighted by Crippen LogP contribution is -2.18. The van der Waals surface area contributed by atoms with Gasteiger partial charge >= 0.3 is 0 Å². The van der Waals surface area contributed by atoms with E-state index in [-0.39, 0.29) is 16.4 Å². The van der Waals surface area contributed by atoms with Gasteiger partial charge in [-0.05, 0) is 50.4 Å². The van der Waals surface area contributed by atoms with Gasteiger partial charge in [0.15, 0.2) is 9.84 Å². The van der Waals surface area contributed by atoms with E-state index in [1.54, 1.807) is 0 Å². The molecule has 1 aromatic rings. The quantitative estimate of drug-likeness (QED) is 0.752. The van der Waals surface area contributed by atoms with Crippen molar-refractivity contribution in [3.63, 3.8) is 0 Å². The maximum atomic E-state index is 11.4. The minimum absolute atomic E-state index is 0.0389. The summed E-state index contributed by atoms with van der Waals surface area (Å²) < 4.78 is 51.8. The number of sulfonamides is 1. The Labute approximate surface area is 133 Å². The molecule has 0 bridgehead atoms. The first-order valence-electron chi connectivity index (χ1n) is 5.47. The molecular formula is C10H11Br2NO5S2. The van der Waals surface area contributed by atoms with Crippen LogP contribution in [0.25, 0.3) is 0 Å². The third kappa shape index (κ3) is 3.73. The summed E-state index contributed by atoms with van der Waals surface area (Å²) in [5.74, 6) is 0.421. The maximum Gasteiger partial charge on any atom is 0.238 e. The van der Waals surface area contributed by atoms with Gasteiger partial charge in [0.25, 0.3) is 0 Å². The number of primary sulfonamides is 1. The van der Waals surface area contributed by atoms with Gasteiger partial charge in [-0.3, -0.25) is 0 Å². The molecule has 0 aromatic heterocycles. The highest BCUT2D eigenvalue weighted by Gasteiger charge is 2.30. The van der Waals surface area contributed by atoms with E-state index in [9.17, 15) is 16.8 Å². The van der Waals surface area contributed by atoms with E-state index in [1.165, 1.54) is 12.1 Å². The number of hydrogen-bond acceptors (Lipinski definition) is 5. The molecule has 10 heteroatoms. The molecule has 0 amide bonds. The molecule has 6 nitrogen and oxygen atoms in total. The smallest absolute Gasteiger partial charge is 0.238 e. The Morgan fingerprint density at radius 3 is 2.20 bits per heavy atom. The van der Waals surface area contributed by atoms with Crippen LogP contribution in [0.4, 0.5) is 0 Å². The second-order valence-electron chi connectivity index (χ2n) is 4.40. The second-order valence-corrected chi connectivity index (χ2v) is 9.90. The van der Waals surface area contributed by atoms with Crippen LogP contribution >= 0.6 is 31.9 Å². The molecule has 2 N–H and O–H groups in total. The SMILES string of the molecule is NS(=O)(=O)c1cc(Br)c(OC2CCS(=O)(=O)C2)c(Br)c1. The highest BCUT2D eigenvalue weighted by molar-refractivity contribution is 9.11. The fraction of sp³-hybridized carbons (Fsp3) is 0.400. The lowest BCUT2D eigenvalue weighted by Gasteiger charge is -2.15. The van der Waals surface area contributed by atoms with Gasteiger partial charge in [0.2, 0.25) is 10.0 Å². The molecule has 0 aliphatic carbocycles. The minimum Gasteiger partial charge on any atom is -0.487 e. The number of sulfone groups is 1. The molecule has 1 aliphatic heterocycles. The van der Waals surface area contributed by atoms with Crippen molar-refractivity contribution >= 4 is 51.7 Å². The molecule has 1 fully saturated rings. The Morgan fingerprint density at radius 2 is 1.80 bits per heavy atom. The Bertz CT molecular complexity index is 722. The van der Waals surface area contributed by atoms with Crippen molar-refractivity contribution < 1.29 is 21.6 Å². The molecule has 1 heterocycles. The van der Waals surface area contributed by atoms with Crippen molar-refractivity contribution in [2.45, 2.75) is 17.4 Å². The molecule has 1 aliphatic rings. The van der Waals surface area contributed by atoms with Crippen LogP contribution in [0.1, 0.15) is 6.42 Å². The van der Waals surface area contributed by atoms with Crippen LogP contribution in [0.3, 0.4) is 0 Å². The summed E-state index contributed by atoms with van der Waals surface area (Å²) in [6.45, 7) is 0. The van der Waals surface area contributed by atoms with Gasteiger partial charge in [-0.1, -0.05) is 0 Å². The first-order valence-corrected chi connectivity index (χ1v) is 10.4. The fourth-order valence-electron chi connectivity index (χ4n) is 1.83. The lowest BCUT2D eigenvalue weighted by atomic mass is 10.3. The van der Waals surface area contributed by atoms with Crippen molar-refractivity contribution in [2.24, 2.45) is 5.14 Å². The molecule has 112 valence electrons. The van der Waals surface area contributed by atoms with Gasteiger partial charge in [0.1, 0.15) is 11.9 Å². The van der Waals surface area contributed by atoms with Crippen molar-refractivity contribution in [2.75, 3.05) is 11.5 Å². The summed E-state index contributed by atoms with van der Waals surface area (Å²) in [5, 5.41) is 5.05. The van der Waals surface area contributed by atoms with E-state index in [2.05, 4.69) is 31.9 Å². The Balaban J connectivity index is 2.30. The highest BCUT2D eigenvalue weighted by atomic mass is 79.9. The van der Waals surface area contributed by atoms with Crippen LogP contribution in [0.2, 0.25) is 0 Å². The van der Waals surface area contributed by atoms with Crippen molar-refractivity contribution in [1.29, 1.82) is 0 Å². The normalized spacial score (nSPS) is 21.9. The van der Waals surface area contributed by atoms with Gasteiger partial charge in [0, 0.05) is 0 Å². The van der Waals surface area contributed by atoms with Gasteiger partial charge in [0.05, 0.1) is 25.3 Å². The molecule has 0 saturated carbocycles. The number of hydrogen-bond donors (Lipinski definition) is 1. The average Bonchev–Trinajstić information content (AvgIpc) is 2.62. The molecule has 1 aromatic carbocycles. The predicted octanol–water partition coefficient (Wildman–Crippen LogP) is 1.42. The molecule has 1 unspecified atom stereocenters. The zero-order chi connectivity index (χ0) is 15.1. The Hall–Kier alpha value is -0.160. The molecule has 2 rings (SSSR count). The van der Waals surface area contributed by atoms with Gasteiger partial charge in [-0.15, -0.1) is 0 Å². The minimum atomic E-state index is -3.82. The van der Waals surface area contributed by atoms with E-state index < -0.39 is 26.0 Å². The Kier molecular flexibility index (Phi) is 4.51. The molecule has 1 atom stereocenters. The van der Waals surface area contributed by atoms with E-state index in [0.29, 0.717) is 21.1 Å². The molecule has 20 heavy (non-hydrogen) atoms. The zero-order valence-electron chi connectivity index (χ0n) is 10.0. The summed E-state index contributed by atoms with van der Waals surface area (Å²) in [4.78, 5) is -0.0670. The summed E-state index contributed by atoms with van der Waals surface area (Å²) in [5.41, 5.74) is 0.